The van der Waals surface area contributed by atoms with Crippen molar-refractivity contribution in [3.63, 3.8) is 0 Å². The average molecular weight is 291 g/mol. The molecule has 0 saturated carbocycles. The fourth-order valence-electron chi connectivity index (χ4n) is 2.77. The van der Waals surface area contributed by atoms with Crippen LogP contribution in [0.1, 0.15) is 30.1 Å². The normalized spacial score (nSPS) is 18.7. The van der Waals surface area contributed by atoms with Gasteiger partial charge in [-0.25, -0.2) is 0 Å². The molecular weight excluding hydrogens is 266 g/mol. The molecule has 0 amide bonds. The summed E-state index contributed by atoms with van der Waals surface area (Å²) in [6.45, 7) is 5.51. The number of Topliss-reactive ketones (excluding diaryl/α,β-unsaturated/α-hetero) is 1. The van der Waals surface area contributed by atoms with Crippen LogP contribution in [0.15, 0.2) is 24.3 Å². The van der Waals surface area contributed by atoms with Crippen molar-refractivity contribution < 1.29 is 14.3 Å². The molecule has 4 heteroatoms. The Morgan fingerprint density at radius 2 is 2.24 bits per heavy atom. The first-order valence-corrected chi connectivity index (χ1v) is 7.72. The molecule has 2 rings (SSSR count). The molecule has 0 spiro atoms. The first-order chi connectivity index (χ1) is 10.2. The molecule has 1 aromatic rings. The monoisotopic (exact) mass is 291 g/mol. The molecule has 1 heterocycles. The zero-order valence-electron chi connectivity index (χ0n) is 13.0. The van der Waals surface area contributed by atoms with Crippen LogP contribution in [0, 0.1) is 5.92 Å². The molecule has 0 N–H and O–H groups in total. The molecule has 116 valence electrons. The van der Waals surface area contributed by atoms with E-state index in [1.165, 1.54) is 6.42 Å². The Hall–Kier alpha value is -1.39. The fraction of sp³-hybridized carbons (Fsp3) is 0.588. The summed E-state index contributed by atoms with van der Waals surface area (Å²) in [5.41, 5.74) is 0.672. The largest absolute Gasteiger partial charge is 0.493 e. The molecule has 0 radical (unpaired) electrons. The Morgan fingerprint density at radius 3 is 2.95 bits per heavy atom. The summed E-state index contributed by atoms with van der Waals surface area (Å²) in [7, 11) is 2.00. The lowest BCUT2D eigenvalue weighted by Gasteiger charge is -2.26. The Bertz CT molecular complexity index is 455. The highest BCUT2D eigenvalue weighted by molar-refractivity contribution is 6.00. The molecule has 1 aromatic carbocycles. The van der Waals surface area contributed by atoms with Crippen LogP contribution in [0.3, 0.4) is 0 Å². The van der Waals surface area contributed by atoms with E-state index in [9.17, 15) is 4.79 Å². The van der Waals surface area contributed by atoms with Gasteiger partial charge in [0.25, 0.3) is 0 Å². The molecule has 1 atom stereocenters. The first-order valence-electron chi connectivity index (χ1n) is 7.72. The van der Waals surface area contributed by atoms with Gasteiger partial charge in [-0.05, 0) is 44.9 Å². The number of para-hydroxylation sites is 1. The molecule has 1 fully saturated rings. The minimum absolute atomic E-state index is 0.110. The van der Waals surface area contributed by atoms with Gasteiger partial charge in [0.2, 0.25) is 0 Å². The van der Waals surface area contributed by atoms with E-state index in [4.69, 9.17) is 9.47 Å². The quantitative estimate of drug-likeness (QED) is 0.724. The van der Waals surface area contributed by atoms with E-state index >= 15 is 0 Å². The second-order valence-corrected chi connectivity index (χ2v) is 5.63. The third-order valence-electron chi connectivity index (χ3n) is 3.73. The van der Waals surface area contributed by atoms with Gasteiger partial charge < -0.3 is 9.47 Å². The van der Waals surface area contributed by atoms with E-state index in [0.29, 0.717) is 30.4 Å². The van der Waals surface area contributed by atoms with E-state index in [1.54, 1.807) is 0 Å². The van der Waals surface area contributed by atoms with Gasteiger partial charge in [0.1, 0.15) is 5.75 Å². The minimum Gasteiger partial charge on any atom is -0.493 e. The van der Waals surface area contributed by atoms with Crippen molar-refractivity contribution in [3.05, 3.63) is 29.8 Å². The number of carbonyl (C=O) groups excluding carboxylic acids is 1. The third-order valence-corrected chi connectivity index (χ3v) is 3.73. The van der Waals surface area contributed by atoms with Gasteiger partial charge in [0.15, 0.2) is 5.78 Å². The first kappa shape index (κ1) is 16.0. The number of hydrogen-bond donors (Lipinski definition) is 0. The summed E-state index contributed by atoms with van der Waals surface area (Å²) in [6, 6.07) is 7.46. The Kier molecular flexibility index (Phi) is 6.21. The molecule has 1 aliphatic rings. The highest BCUT2D eigenvalue weighted by Gasteiger charge is 2.19. The number of benzene rings is 1. The second kappa shape index (κ2) is 8.15. The molecule has 1 aliphatic heterocycles. The summed E-state index contributed by atoms with van der Waals surface area (Å²) in [5.74, 6) is 1.33. The molecule has 4 nitrogen and oxygen atoms in total. The predicted molar refractivity (Wildman–Crippen MR) is 83.0 cm³/mol. The summed E-state index contributed by atoms with van der Waals surface area (Å²) in [6.07, 6.45) is 2.31. The van der Waals surface area contributed by atoms with Crippen molar-refractivity contribution in [2.75, 3.05) is 40.0 Å². The van der Waals surface area contributed by atoms with E-state index in [2.05, 4.69) is 4.90 Å². The number of rotatable bonds is 7. The van der Waals surface area contributed by atoms with Crippen LogP contribution in [0.25, 0.3) is 0 Å². The van der Waals surface area contributed by atoms with Crippen LogP contribution in [0.5, 0.6) is 5.75 Å². The number of nitrogens with zero attached hydrogens (tertiary/aromatic N) is 1. The Labute approximate surface area is 127 Å². The standard InChI is InChI=1S/C17H25NO3/c1-3-21-17-9-5-4-8-15(17)16(19)12-18(2)11-14-7-6-10-20-13-14/h4-5,8-9,14H,3,6-7,10-13H2,1-2H3. The van der Waals surface area contributed by atoms with Gasteiger partial charge >= 0.3 is 0 Å². The van der Waals surface area contributed by atoms with Gasteiger partial charge in [0, 0.05) is 13.2 Å². The fourth-order valence-corrected chi connectivity index (χ4v) is 2.77. The maximum Gasteiger partial charge on any atom is 0.180 e. The number of carbonyl (C=O) groups is 1. The third kappa shape index (κ3) is 4.83. The van der Waals surface area contributed by atoms with Crippen molar-refractivity contribution >= 4 is 5.78 Å². The number of likely N-dealkylation sites (N-methyl/N-ethyl adjacent to an activating group) is 1. The van der Waals surface area contributed by atoms with E-state index in [-0.39, 0.29) is 5.78 Å². The average Bonchev–Trinajstić information content (AvgIpc) is 2.49. The highest BCUT2D eigenvalue weighted by atomic mass is 16.5. The van der Waals surface area contributed by atoms with Crippen LogP contribution in [-0.2, 0) is 4.74 Å². The van der Waals surface area contributed by atoms with Crippen molar-refractivity contribution in [2.45, 2.75) is 19.8 Å². The van der Waals surface area contributed by atoms with Crippen molar-refractivity contribution in [2.24, 2.45) is 5.92 Å². The lowest BCUT2D eigenvalue weighted by atomic mass is 10.0. The predicted octanol–water partition coefficient (Wildman–Crippen LogP) is 2.63. The Balaban J connectivity index is 1.91. The maximum absolute atomic E-state index is 12.4. The van der Waals surface area contributed by atoms with Crippen LogP contribution in [0.4, 0.5) is 0 Å². The van der Waals surface area contributed by atoms with E-state index in [1.807, 2.05) is 38.2 Å². The summed E-state index contributed by atoms with van der Waals surface area (Å²) < 4.78 is 11.0. The van der Waals surface area contributed by atoms with Gasteiger partial charge in [-0.3, -0.25) is 9.69 Å². The smallest absolute Gasteiger partial charge is 0.180 e. The molecule has 0 bridgehead atoms. The van der Waals surface area contributed by atoms with E-state index in [0.717, 1.165) is 26.2 Å². The van der Waals surface area contributed by atoms with Gasteiger partial charge in [-0.2, -0.15) is 0 Å². The number of ketones is 1. The topological polar surface area (TPSA) is 38.8 Å². The molecule has 1 unspecified atom stereocenters. The number of ether oxygens (including phenoxy) is 2. The van der Waals surface area contributed by atoms with Crippen molar-refractivity contribution in [3.8, 4) is 5.75 Å². The SMILES string of the molecule is CCOc1ccccc1C(=O)CN(C)CC1CCCOC1. The van der Waals surface area contributed by atoms with Gasteiger partial charge in [0.05, 0.1) is 25.3 Å². The van der Waals surface area contributed by atoms with Crippen molar-refractivity contribution in [1.29, 1.82) is 0 Å². The summed E-state index contributed by atoms with van der Waals surface area (Å²) in [5, 5.41) is 0. The van der Waals surface area contributed by atoms with Crippen molar-refractivity contribution in [1.82, 2.24) is 4.90 Å². The zero-order valence-corrected chi connectivity index (χ0v) is 13.0. The summed E-state index contributed by atoms with van der Waals surface area (Å²) in [4.78, 5) is 14.5. The molecule has 0 aliphatic carbocycles. The molecular formula is C17H25NO3. The molecule has 21 heavy (non-hydrogen) atoms. The molecule has 0 aromatic heterocycles. The van der Waals surface area contributed by atoms with Gasteiger partial charge in [-0.1, -0.05) is 12.1 Å². The van der Waals surface area contributed by atoms with Crippen LogP contribution >= 0.6 is 0 Å². The van der Waals surface area contributed by atoms with Crippen LogP contribution < -0.4 is 4.74 Å². The lowest BCUT2D eigenvalue weighted by Crippen LogP contribution is -2.34. The van der Waals surface area contributed by atoms with Gasteiger partial charge in [-0.15, -0.1) is 0 Å². The van der Waals surface area contributed by atoms with Crippen LogP contribution in [0.2, 0.25) is 0 Å². The minimum atomic E-state index is 0.110. The highest BCUT2D eigenvalue weighted by Crippen LogP contribution is 2.19. The molecule has 1 saturated heterocycles. The van der Waals surface area contributed by atoms with Crippen LogP contribution in [-0.4, -0.2) is 50.6 Å². The Morgan fingerprint density at radius 1 is 1.43 bits per heavy atom. The van der Waals surface area contributed by atoms with E-state index < -0.39 is 0 Å². The lowest BCUT2D eigenvalue weighted by molar-refractivity contribution is 0.0416. The second-order valence-electron chi connectivity index (χ2n) is 5.63. The maximum atomic E-state index is 12.4. The summed E-state index contributed by atoms with van der Waals surface area (Å²) >= 11 is 0. The number of hydrogen-bond acceptors (Lipinski definition) is 4. The zero-order chi connectivity index (χ0) is 15.1.